The lowest BCUT2D eigenvalue weighted by molar-refractivity contribution is 0.259. The van der Waals surface area contributed by atoms with Crippen LogP contribution in [0.1, 0.15) is 133 Å². The van der Waals surface area contributed by atoms with Crippen LogP contribution in [0.15, 0.2) is 54.6 Å². The highest BCUT2D eigenvalue weighted by Gasteiger charge is 2.19. The Hall–Kier alpha value is -3.84. The Kier molecular flexibility index (Phi) is 17.9. The highest BCUT2D eigenvalue weighted by Crippen LogP contribution is 2.41. The molecule has 0 atom stereocenters. The molecular weight excluding hydrogens is 673 g/mol. The number of aryl methyl sites for hydroxylation is 3. The molecule has 0 unspecified atom stereocenters. The van der Waals surface area contributed by atoms with E-state index in [-0.39, 0.29) is 19.8 Å². The summed E-state index contributed by atoms with van der Waals surface area (Å²) >= 11 is 0. The normalized spacial score (nSPS) is 11.3. The molecule has 0 saturated heterocycles. The standard InChI is InChI=1S/C48H66O6/c1-7-13-19-52-46-34(16-10-4)22-37(28-43(46)31-49)40-25-41(38-23-35(17-11-5)47(44(29-38)32-50)53-20-14-8-2)27-42(26-40)39-24-36(18-12-6)48(45(30-39)33-51)54-21-15-9-3/h22-30,49-51H,7-21,31-33H2,1-6H3. The van der Waals surface area contributed by atoms with E-state index >= 15 is 0 Å². The lowest BCUT2D eigenvalue weighted by Crippen LogP contribution is -2.05. The fourth-order valence-corrected chi connectivity index (χ4v) is 7.12. The zero-order valence-corrected chi connectivity index (χ0v) is 34.0. The molecule has 3 N–H and O–H groups in total. The van der Waals surface area contributed by atoms with Gasteiger partial charge < -0.3 is 29.5 Å². The molecule has 4 rings (SSSR count). The van der Waals surface area contributed by atoms with Crippen molar-refractivity contribution >= 4 is 0 Å². The number of hydrogen-bond donors (Lipinski definition) is 3. The van der Waals surface area contributed by atoms with Gasteiger partial charge in [0.05, 0.1) is 39.6 Å². The van der Waals surface area contributed by atoms with Gasteiger partial charge in [-0.05, 0) is 143 Å². The van der Waals surface area contributed by atoms with Crippen molar-refractivity contribution in [1.82, 2.24) is 0 Å². The fraction of sp³-hybridized carbons (Fsp3) is 0.500. The van der Waals surface area contributed by atoms with Crippen molar-refractivity contribution in [2.75, 3.05) is 19.8 Å². The first-order chi connectivity index (χ1) is 26.4. The summed E-state index contributed by atoms with van der Waals surface area (Å²) < 4.78 is 18.9. The quantitative estimate of drug-likeness (QED) is 0.0620. The Morgan fingerprint density at radius 3 is 0.796 bits per heavy atom. The Balaban J connectivity index is 2.01. The van der Waals surface area contributed by atoms with Gasteiger partial charge in [0.1, 0.15) is 17.2 Å². The Morgan fingerprint density at radius 2 is 0.574 bits per heavy atom. The molecule has 0 heterocycles. The number of rotatable bonds is 24. The third kappa shape index (κ3) is 11.1. The molecule has 4 aromatic carbocycles. The summed E-state index contributed by atoms with van der Waals surface area (Å²) in [6.45, 7) is 14.5. The topological polar surface area (TPSA) is 88.4 Å². The Bertz CT molecular complexity index is 1540. The van der Waals surface area contributed by atoms with Gasteiger partial charge in [-0.1, -0.05) is 80.1 Å². The average molecular weight is 739 g/mol. The van der Waals surface area contributed by atoms with E-state index in [4.69, 9.17) is 14.2 Å². The van der Waals surface area contributed by atoms with Gasteiger partial charge in [-0.25, -0.2) is 0 Å². The minimum atomic E-state index is -0.113. The molecule has 0 aliphatic heterocycles. The van der Waals surface area contributed by atoms with Crippen molar-refractivity contribution in [3.8, 4) is 50.6 Å². The van der Waals surface area contributed by atoms with E-state index in [9.17, 15) is 15.3 Å². The first-order valence-electron chi connectivity index (χ1n) is 20.7. The van der Waals surface area contributed by atoms with Crippen molar-refractivity contribution in [3.05, 3.63) is 88.0 Å². The van der Waals surface area contributed by atoms with E-state index in [0.29, 0.717) is 19.8 Å². The molecule has 0 aromatic heterocycles. The summed E-state index contributed by atoms with van der Waals surface area (Å²) in [5.41, 5.74) is 11.8. The van der Waals surface area contributed by atoms with Crippen molar-refractivity contribution in [1.29, 1.82) is 0 Å². The summed E-state index contributed by atoms with van der Waals surface area (Å²) in [4.78, 5) is 0. The van der Waals surface area contributed by atoms with Crippen LogP contribution < -0.4 is 14.2 Å². The van der Waals surface area contributed by atoms with Crippen molar-refractivity contribution < 1.29 is 29.5 Å². The third-order valence-electron chi connectivity index (χ3n) is 9.96. The number of hydrogen-bond acceptors (Lipinski definition) is 6. The highest BCUT2D eigenvalue weighted by molar-refractivity contribution is 5.83. The molecule has 0 bridgehead atoms. The minimum absolute atomic E-state index is 0.113. The van der Waals surface area contributed by atoms with Gasteiger partial charge in [-0.2, -0.15) is 0 Å². The highest BCUT2D eigenvalue weighted by atomic mass is 16.5. The predicted molar refractivity (Wildman–Crippen MR) is 224 cm³/mol. The molecule has 6 heteroatoms. The Labute approximate surface area is 325 Å². The summed E-state index contributed by atoms with van der Waals surface area (Å²) in [6.07, 6.45) is 11.4. The maximum absolute atomic E-state index is 10.6. The largest absolute Gasteiger partial charge is 0.493 e. The Morgan fingerprint density at radius 1 is 0.333 bits per heavy atom. The summed E-state index contributed by atoms with van der Waals surface area (Å²) in [5, 5.41) is 31.9. The van der Waals surface area contributed by atoms with E-state index in [1.807, 2.05) is 0 Å². The smallest absolute Gasteiger partial charge is 0.128 e. The second-order valence-corrected chi connectivity index (χ2v) is 14.5. The summed E-state index contributed by atoms with van der Waals surface area (Å²) in [6, 6.07) is 19.6. The third-order valence-corrected chi connectivity index (χ3v) is 9.96. The van der Waals surface area contributed by atoms with E-state index in [1.165, 1.54) is 0 Å². The van der Waals surface area contributed by atoms with Gasteiger partial charge >= 0.3 is 0 Å². The number of aliphatic hydroxyl groups is 3. The van der Waals surface area contributed by atoms with Crippen LogP contribution in [0.25, 0.3) is 33.4 Å². The zero-order valence-electron chi connectivity index (χ0n) is 34.0. The first kappa shape index (κ1) is 42.9. The molecular formula is C48H66O6. The van der Waals surface area contributed by atoms with Crippen LogP contribution in [0, 0.1) is 0 Å². The van der Waals surface area contributed by atoms with E-state index in [1.54, 1.807) is 0 Å². The number of aliphatic hydroxyl groups excluding tert-OH is 3. The van der Waals surface area contributed by atoms with E-state index in [0.717, 1.165) is 161 Å². The van der Waals surface area contributed by atoms with Crippen LogP contribution in [0.2, 0.25) is 0 Å². The molecule has 294 valence electrons. The molecule has 0 aliphatic rings. The van der Waals surface area contributed by atoms with Gasteiger partial charge in [-0.3, -0.25) is 0 Å². The predicted octanol–water partition coefficient (Wildman–Crippen LogP) is 11.6. The lowest BCUT2D eigenvalue weighted by Gasteiger charge is -2.20. The zero-order chi connectivity index (χ0) is 38.9. The van der Waals surface area contributed by atoms with Crippen LogP contribution in [-0.4, -0.2) is 35.1 Å². The SMILES string of the molecule is CCCCOc1c(CO)cc(-c2cc(-c3cc(CO)c(OCCCC)c(CCC)c3)cc(-c3cc(CO)c(OCCCC)c(CCC)c3)c2)cc1CCC. The monoisotopic (exact) mass is 738 g/mol. The first-order valence-corrected chi connectivity index (χ1v) is 20.7. The van der Waals surface area contributed by atoms with Gasteiger partial charge in [0.15, 0.2) is 0 Å². The molecule has 0 fully saturated rings. The molecule has 4 aromatic rings. The van der Waals surface area contributed by atoms with Crippen LogP contribution in [0.3, 0.4) is 0 Å². The fourth-order valence-electron chi connectivity index (χ4n) is 7.12. The van der Waals surface area contributed by atoms with Gasteiger partial charge in [0.25, 0.3) is 0 Å². The minimum Gasteiger partial charge on any atom is -0.493 e. The molecule has 6 nitrogen and oxygen atoms in total. The average Bonchev–Trinajstić information content (AvgIpc) is 3.19. The van der Waals surface area contributed by atoms with E-state index < -0.39 is 0 Å². The van der Waals surface area contributed by atoms with E-state index in [2.05, 4.69) is 96.1 Å². The van der Waals surface area contributed by atoms with Crippen molar-refractivity contribution in [3.63, 3.8) is 0 Å². The second kappa shape index (κ2) is 22.5. The lowest BCUT2D eigenvalue weighted by atomic mass is 9.88. The maximum Gasteiger partial charge on any atom is 0.128 e. The summed E-state index contributed by atoms with van der Waals surface area (Å²) in [7, 11) is 0. The van der Waals surface area contributed by atoms with Gasteiger partial charge in [-0.15, -0.1) is 0 Å². The van der Waals surface area contributed by atoms with Gasteiger partial charge in [0.2, 0.25) is 0 Å². The van der Waals surface area contributed by atoms with Crippen LogP contribution in [-0.2, 0) is 39.1 Å². The molecule has 0 saturated carbocycles. The van der Waals surface area contributed by atoms with Crippen LogP contribution in [0.5, 0.6) is 17.2 Å². The van der Waals surface area contributed by atoms with Crippen LogP contribution in [0.4, 0.5) is 0 Å². The molecule has 0 aliphatic carbocycles. The van der Waals surface area contributed by atoms with Crippen molar-refractivity contribution in [2.24, 2.45) is 0 Å². The molecule has 0 radical (unpaired) electrons. The molecule has 54 heavy (non-hydrogen) atoms. The summed E-state index contributed by atoms with van der Waals surface area (Å²) in [5.74, 6) is 2.41. The number of unbranched alkanes of at least 4 members (excludes halogenated alkanes) is 3. The molecule has 0 amide bonds. The molecule has 0 spiro atoms. The number of ether oxygens (including phenoxy) is 3. The number of benzene rings is 4. The van der Waals surface area contributed by atoms with Gasteiger partial charge in [0, 0.05) is 16.7 Å². The van der Waals surface area contributed by atoms with Crippen molar-refractivity contribution in [2.45, 2.75) is 138 Å². The second-order valence-electron chi connectivity index (χ2n) is 14.5. The van der Waals surface area contributed by atoms with Crippen LogP contribution >= 0.6 is 0 Å². The maximum atomic E-state index is 10.6.